The van der Waals surface area contributed by atoms with Crippen LogP contribution < -0.4 is 4.90 Å². The Labute approximate surface area is 121 Å². The molecule has 0 bridgehead atoms. The molecule has 1 aliphatic heterocycles. The van der Waals surface area contributed by atoms with Gasteiger partial charge >= 0.3 is 0 Å². The minimum absolute atomic E-state index is 0.00102. The molecule has 1 aromatic carbocycles. The average molecular weight is 276 g/mol. The van der Waals surface area contributed by atoms with Crippen molar-refractivity contribution in [3.8, 4) is 0 Å². The number of hydrogen-bond acceptors (Lipinski definition) is 3. The van der Waals surface area contributed by atoms with E-state index in [0.717, 1.165) is 44.6 Å². The SMILES string of the molecule is CCN(CCCCO)C1CCN(c2ccccc2)C1=O. The lowest BCUT2D eigenvalue weighted by molar-refractivity contribution is -0.121. The van der Waals surface area contributed by atoms with Crippen molar-refractivity contribution in [2.24, 2.45) is 0 Å². The lowest BCUT2D eigenvalue weighted by atomic mass is 10.2. The molecule has 2 rings (SSSR count). The summed E-state index contributed by atoms with van der Waals surface area (Å²) in [5, 5.41) is 8.87. The number of hydrogen-bond donors (Lipinski definition) is 1. The first-order valence-corrected chi connectivity index (χ1v) is 7.49. The third-order valence-corrected chi connectivity index (χ3v) is 3.95. The standard InChI is InChI=1S/C16H24N2O2/c1-2-17(11-6-7-13-19)15-10-12-18(16(15)20)14-8-4-3-5-9-14/h3-5,8-9,15,19H,2,6-7,10-13H2,1H3. The number of anilines is 1. The van der Waals surface area contributed by atoms with Crippen LogP contribution in [0.1, 0.15) is 26.2 Å². The first kappa shape index (κ1) is 15.0. The van der Waals surface area contributed by atoms with Crippen LogP contribution in [0.3, 0.4) is 0 Å². The number of aliphatic hydroxyl groups is 1. The summed E-state index contributed by atoms with van der Waals surface area (Å²) in [4.78, 5) is 16.7. The third kappa shape index (κ3) is 3.38. The lowest BCUT2D eigenvalue weighted by Crippen LogP contribution is -2.42. The highest BCUT2D eigenvalue weighted by molar-refractivity contribution is 5.99. The van der Waals surface area contributed by atoms with Crippen molar-refractivity contribution in [2.45, 2.75) is 32.2 Å². The smallest absolute Gasteiger partial charge is 0.244 e. The molecule has 1 atom stereocenters. The third-order valence-electron chi connectivity index (χ3n) is 3.95. The van der Waals surface area contributed by atoms with Crippen LogP contribution in [0.15, 0.2) is 30.3 Å². The minimum Gasteiger partial charge on any atom is -0.396 e. The van der Waals surface area contributed by atoms with Gasteiger partial charge in [0.05, 0.1) is 6.04 Å². The summed E-state index contributed by atoms with van der Waals surface area (Å²) < 4.78 is 0. The van der Waals surface area contributed by atoms with Crippen molar-refractivity contribution in [1.82, 2.24) is 4.90 Å². The zero-order valence-electron chi connectivity index (χ0n) is 12.2. The number of para-hydroxylation sites is 1. The minimum atomic E-state index is -0.00102. The molecule has 1 unspecified atom stereocenters. The molecule has 20 heavy (non-hydrogen) atoms. The van der Waals surface area contributed by atoms with E-state index in [1.807, 2.05) is 35.2 Å². The summed E-state index contributed by atoms with van der Waals surface area (Å²) in [5.74, 6) is 0.210. The maximum atomic E-state index is 12.6. The number of unbranched alkanes of at least 4 members (excludes halogenated alkanes) is 1. The van der Waals surface area contributed by atoms with E-state index < -0.39 is 0 Å². The highest BCUT2D eigenvalue weighted by Gasteiger charge is 2.35. The molecule has 1 heterocycles. The van der Waals surface area contributed by atoms with E-state index in [1.54, 1.807) is 0 Å². The van der Waals surface area contributed by atoms with Crippen LogP contribution in [0, 0.1) is 0 Å². The quantitative estimate of drug-likeness (QED) is 0.773. The van der Waals surface area contributed by atoms with Crippen molar-refractivity contribution >= 4 is 11.6 Å². The first-order chi connectivity index (χ1) is 9.77. The Hall–Kier alpha value is -1.39. The monoisotopic (exact) mass is 276 g/mol. The van der Waals surface area contributed by atoms with Crippen molar-refractivity contribution in [2.75, 3.05) is 31.1 Å². The van der Waals surface area contributed by atoms with Gasteiger partial charge in [-0.3, -0.25) is 9.69 Å². The predicted octanol–water partition coefficient (Wildman–Crippen LogP) is 1.89. The largest absolute Gasteiger partial charge is 0.396 e. The molecule has 1 N–H and O–H groups in total. The molecule has 0 aromatic heterocycles. The van der Waals surface area contributed by atoms with E-state index >= 15 is 0 Å². The van der Waals surface area contributed by atoms with Crippen LogP contribution in [0.2, 0.25) is 0 Å². The second kappa shape index (κ2) is 7.41. The van der Waals surface area contributed by atoms with Gasteiger partial charge in [-0.05, 0) is 44.5 Å². The molecule has 0 aliphatic carbocycles. The van der Waals surface area contributed by atoms with Gasteiger partial charge < -0.3 is 10.0 Å². The van der Waals surface area contributed by atoms with Gasteiger partial charge in [0.25, 0.3) is 0 Å². The predicted molar refractivity (Wildman–Crippen MR) is 80.8 cm³/mol. The number of rotatable bonds is 7. The fourth-order valence-corrected chi connectivity index (χ4v) is 2.83. The number of nitrogens with zero attached hydrogens (tertiary/aromatic N) is 2. The molecule has 1 saturated heterocycles. The Kier molecular flexibility index (Phi) is 5.56. The van der Waals surface area contributed by atoms with Crippen molar-refractivity contribution in [3.63, 3.8) is 0 Å². The van der Waals surface area contributed by atoms with E-state index in [-0.39, 0.29) is 18.6 Å². The Balaban J connectivity index is 1.99. The number of carbonyl (C=O) groups is 1. The van der Waals surface area contributed by atoms with Gasteiger partial charge in [0.1, 0.15) is 0 Å². The van der Waals surface area contributed by atoms with Gasteiger partial charge in [-0.1, -0.05) is 25.1 Å². The van der Waals surface area contributed by atoms with E-state index in [2.05, 4.69) is 11.8 Å². The van der Waals surface area contributed by atoms with Gasteiger partial charge in [-0.25, -0.2) is 0 Å². The fraction of sp³-hybridized carbons (Fsp3) is 0.562. The summed E-state index contributed by atoms with van der Waals surface area (Å²) in [6.45, 7) is 4.88. The zero-order chi connectivity index (χ0) is 14.4. The molecule has 1 aliphatic rings. The summed E-state index contributed by atoms with van der Waals surface area (Å²) in [6, 6.07) is 9.88. The zero-order valence-corrected chi connectivity index (χ0v) is 12.2. The van der Waals surface area contributed by atoms with Gasteiger partial charge in [0.15, 0.2) is 0 Å². The lowest BCUT2D eigenvalue weighted by Gasteiger charge is -2.26. The fourth-order valence-electron chi connectivity index (χ4n) is 2.83. The highest BCUT2D eigenvalue weighted by atomic mass is 16.3. The van der Waals surface area contributed by atoms with E-state index in [9.17, 15) is 4.79 Å². The molecule has 1 amide bonds. The molecule has 1 fully saturated rings. The van der Waals surface area contributed by atoms with Crippen molar-refractivity contribution in [1.29, 1.82) is 0 Å². The Morgan fingerprint density at radius 1 is 1.30 bits per heavy atom. The van der Waals surface area contributed by atoms with Gasteiger partial charge in [0, 0.05) is 18.8 Å². The maximum Gasteiger partial charge on any atom is 0.244 e. The molecule has 0 radical (unpaired) electrons. The number of benzene rings is 1. The molecular weight excluding hydrogens is 252 g/mol. The van der Waals surface area contributed by atoms with Crippen LogP contribution >= 0.6 is 0 Å². The van der Waals surface area contributed by atoms with Crippen LogP contribution in [-0.2, 0) is 4.79 Å². The first-order valence-electron chi connectivity index (χ1n) is 7.49. The summed E-state index contributed by atoms with van der Waals surface area (Å²) in [5.41, 5.74) is 0.992. The van der Waals surface area contributed by atoms with E-state index in [4.69, 9.17) is 5.11 Å². The second-order valence-corrected chi connectivity index (χ2v) is 5.19. The molecule has 0 spiro atoms. The van der Waals surface area contributed by atoms with Crippen LogP contribution in [0.25, 0.3) is 0 Å². The van der Waals surface area contributed by atoms with Crippen LogP contribution in [0.4, 0.5) is 5.69 Å². The van der Waals surface area contributed by atoms with Crippen LogP contribution in [-0.4, -0.2) is 48.2 Å². The summed E-state index contributed by atoms with van der Waals surface area (Å²) in [6.07, 6.45) is 2.64. The normalized spacial score (nSPS) is 19.1. The van der Waals surface area contributed by atoms with Gasteiger partial charge in [-0.2, -0.15) is 0 Å². The Bertz CT molecular complexity index is 422. The Morgan fingerprint density at radius 2 is 2.05 bits per heavy atom. The molecule has 4 nitrogen and oxygen atoms in total. The van der Waals surface area contributed by atoms with Crippen LogP contribution in [0.5, 0.6) is 0 Å². The number of amides is 1. The topological polar surface area (TPSA) is 43.8 Å². The van der Waals surface area contributed by atoms with Gasteiger partial charge in [0.2, 0.25) is 5.91 Å². The Morgan fingerprint density at radius 3 is 2.70 bits per heavy atom. The molecule has 4 heteroatoms. The van der Waals surface area contributed by atoms with Crippen molar-refractivity contribution in [3.05, 3.63) is 30.3 Å². The van der Waals surface area contributed by atoms with E-state index in [1.165, 1.54) is 0 Å². The second-order valence-electron chi connectivity index (χ2n) is 5.19. The number of carbonyl (C=O) groups excluding carboxylic acids is 1. The highest BCUT2D eigenvalue weighted by Crippen LogP contribution is 2.24. The molecule has 1 aromatic rings. The van der Waals surface area contributed by atoms with Gasteiger partial charge in [-0.15, -0.1) is 0 Å². The summed E-state index contributed by atoms with van der Waals surface area (Å²) >= 11 is 0. The number of aliphatic hydroxyl groups excluding tert-OH is 1. The average Bonchev–Trinajstić information content (AvgIpc) is 2.86. The summed E-state index contributed by atoms with van der Waals surface area (Å²) in [7, 11) is 0. The maximum absolute atomic E-state index is 12.6. The van der Waals surface area contributed by atoms with E-state index in [0.29, 0.717) is 0 Å². The molecule has 110 valence electrons. The molecule has 0 saturated carbocycles. The van der Waals surface area contributed by atoms with Crippen molar-refractivity contribution < 1.29 is 9.90 Å². The number of likely N-dealkylation sites (N-methyl/N-ethyl adjacent to an activating group) is 1. The molecular formula is C16H24N2O2.